The minimum Gasteiger partial charge on any atom is -0.338 e. The number of nitrogens with zero attached hydrogens (tertiary/aromatic N) is 4. The number of aromatic nitrogens is 2. The van der Waals surface area contributed by atoms with E-state index < -0.39 is 11.7 Å². The van der Waals surface area contributed by atoms with Crippen molar-refractivity contribution in [3.63, 3.8) is 0 Å². The van der Waals surface area contributed by atoms with Gasteiger partial charge in [-0.15, -0.1) is 11.8 Å². The van der Waals surface area contributed by atoms with Crippen molar-refractivity contribution in [3.8, 4) is 0 Å². The molecule has 1 aromatic heterocycles. The molecule has 1 amide bonds. The Morgan fingerprint density at radius 1 is 1.03 bits per heavy atom. The molecule has 0 radical (unpaired) electrons. The van der Waals surface area contributed by atoms with Gasteiger partial charge in [0.1, 0.15) is 0 Å². The van der Waals surface area contributed by atoms with Gasteiger partial charge < -0.3 is 9.42 Å². The molecule has 33 heavy (non-hydrogen) atoms. The molecule has 1 aliphatic heterocycles. The molecule has 6 nitrogen and oxygen atoms in total. The Labute approximate surface area is 193 Å². The first-order valence-electron chi connectivity index (χ1n) is 10.5. The Hall–Kier alpha value is -2.85. The van der Waals surface area contributed by atoms with Crippen molar-refractivity contribution < 1.29 is 22.5 Å². The highest BCUT2D eigenvalue weighted by atomic mass is 32.2. The number of carbonyl (C=O) groups is 1. The van der Waals surface area contributed by atoms with Crippen molar-refractivity contribution in [2.24, 2.45) is 0 Å². The Balaban J connectivity index is 1.25. The average Bonchev–Trinajstić information content (AvgIpc) is 3.23. The standard InChI is InChI=1S/C23H23F3N4O2S/c1-16-27-21(32-28-16)15-33-20-8-4-18(5-9-20)22(31)30-12-10-29(11-13-30)14-17-2-6-19(7-3-17)23(24,25)26/h2-9H,10-15H2,1H3. The summed E-state index contributed by atoms with van der Waals surface area (Å²) in [5.74, 6) is 1.71. The lowest BCUT2D eigenvalue weighted by Crippen LogP contribution is -2.48. The van der Waals surface area contributed by atoms with Gasteiger partial charge in [-0.25, -0.2) is 0 Å². The lowest BCUT2D eigenvalue weighted by atomic mass is 10.1. The molecule has 0 spiro atoms. The summed E-state index contributed by atoms with van der Waals surface area (Å²) in [6.07, 6.45) is -4.32. The molecule has 10 heteroatoms. The first-order valence-corrected chi connectivity index (χ1v) is 11.5. The van der Waals surface area contributed by atoms with Crippen molar-refractivity contribution in [2.45, 2.75) is 30.3 Å². The molecule has 1 fully saturated rings. The highest BCUT2D eigenvalue weighted by molar-refractivity contribution is 7.98. The predicted octanol–water partition coefficient (Wildman–Crippen LogP) is 4.65. The molecule has 1 aliphatic rings. The fraction of sp³-hybridized carbons (Fsp3) is 0.348. The molecule has 4 rings (SSSR count). The molecular weight excluding hydrogens is 453 g/mol. The number of hydrogen-bond donors (Lipinski definition) is 0. The summed E-state index contributed by atoms with van der Waals surface area (Å²) in [7, 11) is 0. The van der Waals surface area contributed by atoms with Gasteiger partial charge in [-0.2, -0.15) is 18.2 Å². The third-order valence-corrected chi connectivity index (χ3v) is 6.38. The van der Waals surface area contributed by atoms with E-state index in [9.17, 15) is 18.0 Å². The Kier molecular flexibility index (Phi) is 7.04. The molecule has 0 N–H and O–H groups in total. The number of benzene rings is 2. The maximum Gasteiger partial charge on any atom is 0.416 e. The van der Waals surface area contributed by atoms with Gasteiger partial charge in [-0.3, -0.25) is 9.69 Å². The van der Waals surface area contributed by atoms with Crippen molar-refractivity contribution >= 4 is 17.7 Å². The zero-order valence-corrected chi connectivity index (χ0v) is 18.8. The van der Waals surface area contributed by atoms with Crippen molar-refractivity contribution in [1.29, 1.82) is 0 Å². The summed E-state index contributed by atoms with van der Waals surface area (Å²) < 4.78 is 43.2. The number of carbonyl (C=O) groups excluding carboxylic acids is 1. The van der Waals surface area contributed by atoms with Crippen LogP contribution in [0.2, 0.25) is 0 Å². The van der Waals surface area contributed by atoms with Crippen LogP contribution in [-0.4, -0.2) is 52.0 Å². The van der Waals surface area contributed by atoms with Crippen LogP contribution in [0.15, 0.2) is 57.9 Å². The largest absolute Gasteiger partial charge is 0.416 e. The Morgan fingerprint density at radius 3 is 2.27 bits per heavy atom. The lowest BCUT2D eigenvalue weighted by Gasteiger charge is -2.34. The quantitative estimate of drug-likeness (QED) is 0.483. The van der Waals surface area contributed by atoms with Crippen molar-refractivity contribution in [3.05, 3.63) is 76.9 Å². The zero-order chi connectivity index (χ0) is 23.4. The molecule has 0 aliphatic carbocycles. The molecular formula is C23H23F3N4O2S. The number of amides is 1. The Morgan fingerprint density at radius 2 is 1.70 bits per heavy atom. The number of hydrogen-bond acceptors (Lipinski definition) is 6. The number of thioether (sulfide) groups is 1. The average molecular weight is 477 g/mol. The molecule has 2 heterocycles. The van der Waals surface area contributed by atoms with E-state index in [-0.39, 0.29) is 5.91 Å². The molecule has 0 bridgehead atoms. The van der Waals surface area contributed by atoms with Crippen LogP contribution in [0.5, 0.6) is 0 Å². The van der Waals surface area contributed by atoms with E-state index in [0.29, 0.717) is 55.8 Å². The minimum absolute atomic E-state index is 0.0201. The highest BCUT2D eigenvalue weighted by Gasteiger charge is 2.30. The smallest absolute Gasteiger partial charge is 0.338 e. The van der Waals surface area contributed by atoms with E-state index in [4.69, 9.17) is 4.52 Å². The van der Waals surface area contributed by atoms with Gasteiger partial charge >= 0.3 is 6.18 Å². The lowest BCUT2D eigenvalue weighted by molar-refractivity contribution is -0.137. The summed E-state index contributed by atoms with van der Waals surface area (Å²) in [6.45, 7) is 4.83. The van der Waals surface area contributed by atoms with Gasteiger partial charge in [0.15, 0.2) is 5.82 Å². The van der Waals surface area contributed by atoms with Crippen LogP contribution >= 0.6 is 11.8 Å². The monoisotopic (exact) mass is 476 g/mol. The number of rotatable bonds is 6. The van der Waals surface area contributed by atoms with Crippen molar-refractivity contribution in [2.75, 3.05) is 26.2 Å². The summed E-state index contributed by atoms with van der Waals surface area (Å²) >= 11 is 1.56. The van der Waals surface area contributed by atoms with Crippen LogP contribution in [0.25, 0.3) is 0 Å². The third kappa shape index (κ3) is 6.14. The van der Waals surface area contributed by atoms with E-state index >= 15 is 0 Å². The zero-order valence-electron chi connectivity index (χ0n) is 18.0. The maximum atomic E-state index is 12.9. The number of halogens is 3. The second-order valence-corrected chi connectivity index (χ2v) is 8.86. The van der Waals surface area contributed by atoms with E-state index in [1.165, 1.54) is 12.1 Å². The summed E-state index contributed by atoms with van der Waals surface area (Å²) in [6, 6.07) is 12.7. The fourth-order valence-corrected chi connectivity index (χ4v) is 4.32. The van der Waals surface area contributed by atoms with Gasteiger partial charge in [-0.1, -0.05) is 17.3 Å². The third-order valence-electron chi connectivity index (χ3n) is 5.38. The normalized spacial score (nSPS) is 15.1. The van der Waals surface area contributed by atoms with E-state index in [1.54, 1.807) is 18.7 Å². The minimum atomic E-state index is -4.32. The van der Waals surface area contributed by atoms with Gasteiger partial charge in [0, 0.05) is 43.2 Å². The van der Waals surface area contributed by atoms with Crippen LogP contribution < -0.4 is 0 Å². The second kappa shape index (κ2) is 9.96. The van der Waals surface area contributed by atoms with Crippen LogP contribution in [0.4, 0.5) is 13.2 Å². The SMILES string of the molecule is Cc1noc(CSc2ccc(C(=O)N3CCN(Cc4ccc(C(F)(F)F)cc4)CC3)cc2)n1. The highest BCUT2D eigenvalue weighted by Crippen LogP contribution is 2.29. The van der Waals surface area contributed by atoms with Crippen LogP contribution in [0.3, 0.4) is 0 Å². The van der Waals surface area contributed by atoms with Gasteiger partial charge in [-0.05, 0) is 48.9 Å². The predicted molar refractivity (Wildman–Crippen MR) is 118 cm³/mol. The van der Waals surface area contributed by atoms with Crippen molar-refractivity contribution in [1.82, 2.24) is 19.9 Å². The summed E-state index contributed by atoms with van der Waals surface area (Å²) in [5, 5.41) is 3.76. The molecule has 0 saturated carbocycles. The van der Waals surface area contributed by atoms with Crippen LogP contribution in [-0.2, 0) is 18.5 Å². The number of aryl methyl sites for hydroxylation is 1. The molecule has 0 unspecified atom stereocenters. The first-order chi connectivity index (χ1) is 15.8. The van der Waals surface area contributed by atoms with Crippen LogP contribution in [0.1, 0.15) is 33.2 Å². The molecule has 2 aromatic carbocycles. The van der Waals surface area contributed by atoms with Gasteiger partial charge in [0.25, 0.3) is 5.91 Å². The maximum absolute atomic E-state index is 12.9. The van der Waals surface area contributed by atoms with E-state index in [2.05, 4.69) is 15.0 Å². The van der Waals surface area contributed by atoms with E-state index in [1.807, 2.05) is 29.2 Å². The number of piperazine rings is 1. The van der Waals surface area contributed by atoms with Crippen LogP contribution in [0, 0.1) is 6.92 Å². The molecule has 1 saturated heterocycles. The topological polar surface area (TPSA) is 62.5 Å². The van der Waals surface area contributed by atoms with E-state index in [0.717, 1.165) is 22.6 Å². The summed E-state index contributed by atoms with van der Waals surface area (Å²) in [5.41, 5.74) is 0.812. The van der Waals surface area contributed by atoms with Gasteiger partial charge in [0.05, 0.1) is 11.3 Å². The Bertz CT molecular complexity index is 1080. The summed E-state index contributed by atoms with van der Waals surface area (Å²) in [4.78, 5) is 22.0. The second-order valence-electron chi connectivity index (χ2n) is 7.81. The van der Waals surface area contributed by atoms with Gasteiger partial charge in [0.2, 0.25) is 5.89 Å². The first kappa shape index (κ1) is 23.3. The molecule has 3 aromatic rings. The number of alkyl halides is 3. The fourth-order valence-electron chi connectivity index (χ4n) is 3.59. The molecule has 0 atom stereocenters. The molecule has 174 valence electrons.